The second kappa shape index (κ2) is 5.00. The monoisotopic (exact) mass is 223 g/mol. The number of hydrogen-bond donors (Lipinski definition) is 1. The lowest BCUT2D eigenvalue weighted by atomic mass is 9.78. The van der Waals surface area contributed by atoms with Crippen molar-refractivity contribution >= 4 is 5.97 Å². The quantitative estimate of drug-likeness (QED) is 0.746. The Morgan fingerprint density at radius 2 is 1.94 bits per heavy atom. The molecule has 0 amide bonds. The predicted molar refractivity (Wildman–Crippen MR) is 63.3 cm³/mol. The summed E-state index contributed by atoms with van der Waals surface area (Å²) in [5.74, 6) is -0.0398. The first-order valence-corrected chi connectivity index (χ1v) is 6.33. The van der Waals surface area contributed by atoms with Crippen molar-refractivity contribution in [2.75, 3.05) is 13.1 Å². The van der Waals surface area contributed by atoms with Crippen LogP contribution in [0, 0.1) is 5.92 Å². The van der Waals surface area contributed by atoms with E-state index in [1.54, 1.807) is 0 Å². The van der Waals surface area contributed by atoms with Crippen molar-refractivity contribution in [2.45, 2.75) is 44.6 Å². The minimum absolute atomic E-state index is 0.339. The molecular formula is C13H21NO2. The molecule has 0 aromatic carbocycles. The molecule has 0 radical (unpaired) electrons. The summed E-state index contributed by atoms with van der Waals surface area (Å²) in [5, 5.41) is 8.88. The predicted octanol–water partition coefficient (Wildman–Crippen LogP) is 2.28. The zero-order valence-electron chi connectivity index (χ0n) is 9.82. The molecule has 1 aliphatic heterocycles. The first kappa shape index (κ1) is 11.6. The van der Waals surface area contributed by atoms with Crippen molar-refractivity contribution in [3.8, 4) is 0 Å². The van der Waals surface area contributed by atoms with Crippen molar-refractivity contribution in [2.24, 2.45) is 5.92 Å². The number of rotatable bonds is 3. The summed E-state index contributed by atoms with van der Waals surface area (Å²) in [5.41, 5.74) is 0.339. The smallest absolute Gasteiger partial charge is 0.332 e. The van der Waals surface area contributed by atoms with E-state index in [-0.39, 0.29) is 0 Å². The van der Waals surface area contributed by atoms with Crippen molar-refractivity contribution in [3.63, 3.8) is 0 Å². The van der Waals surface area contributed by atoms with Gasteiger partial charge < -0.3 is 5.11 Å². The highest BCUT2D eigenvalue weighted by Crippen LogP contribution is 2.35. The topological polar surface area (TPSA) is 40.5 Å². The van der Waals surface area contributed by atoms with Crippen LogP contribution in [0.4, 0.5) is 0 Å². The molecule has 2 atom stereocenters. The number of nitrogens with zero attached hydrogens (tertiary/aromatic N) is 1. The lowest BCUT2D eigenvalue weighted by Gasteiger charge is -2.44. The number of aliphatic carboxylic acids is 1. The highest BCUT2D eigenvalue weighted by molar-refractivity contribution is 5.86. The van der Waals surface area contributed by atoms with Gasteiger partial charge in [-0.2, -0.15) is 0 Å². The van der Waals surface area contributed by atoms with Gasteiger partial charge in [0.05, 0.1) is 0 Å². The summed E-state index contributed by atoms with van der Waals surface area (Å²) < 4.78 is 0. The van der Waals surface area contributed by atoms with Gasteiger partial charge in [-0.15, -0.1) is 0 Å². The minimum atomic E-state index is -0.849. The molecule has 0 spiro atoms. The van der Waals surface area contributed by atoms with Gasteiger partial charge in [0.15, 0.2) is 0 Å². The second-order valence-electron chi connectivity index (χ2n) is 5.13. The Hall–Kier alpha value is -0.830. The first-order valence-electron chi connectivity index (χ1n) is 6.33. The third-order valence-corrected chi connectivity index (χ3v) is 4.05. The molecule has 1 heterocycles. The summed E-state index contributed by atoms with van der Waals surface area (Å²) in [6, 6.07) is 0.624. The van der Waals surface area contributed by atoms with Crippen LogP contribution in [0.5, 0.6) is 0 Å². The molecule has 1 saturated carbocycles. The second-order valence-corrected chi connectivity index (χ2v) is 5.13. The zero-order valence-corrected chi connectivity index (χ0v) is 9.82. The Morgan fingerprint density at radius 3 is 2.69 bits per heavy atom. The average molecular weight is 223 g/mol. The van der Waals surface area contributed by atoms with Crippen LogP contribution in [0.2, 0.25) is 0 Å². The van der Waals surface area contributed by atoms with E-state index in [4.69, 9.17) is 5.11 Å². The Bertz CT molecular complexity index is 286. The standard InChI is InChI=1S/C13H21NO2/c1-10(13(15)16)9-14-8-4-6-11-5-2-3-7-12(11)14/h11-12H,1-9H2,(H,15,16). The van der Waals surface area contributed by atoms with E-state index in [1.807, 2.05) is 0 Å². The number of hydrogen-bond acceptors (Lipinski definition) is 2. The van der Waals surface area contributed by atoms with Crippen LogP contribution in [0.15, 0.2) is 12.2 Å². The van der Waals surface area contributed by atoms with Gasteiger partial charge in [-0.05, 0) is 38.1 Å². The Morgan fingerprint density at radius 1 is 1.25 bits per heavy atom. The third kappa shape index (κ3) is 2.46. The van der Waals surface area contributed by atoms with Gasteiger partial charge in [0, 0.05) is 18.2 Å². The number of fused-ring (bicyclic) bond motifs is 1. The van der Waals surface area contributed by atoms with Gasteiger partial charge in [0.25, 0.3) is 0 Å². The molecule has 2 unspecified atom stereocenters. The Labute approximate surface area is 97.1 Å². The van der Waals surface area contributed by atoms with Gasteiger partial charge in [-0.3, -0.25) is 4.90 Å². The van der Waals surface area contributed by atoms with E-state index in [0.717, 1.165) is 12.5 Å². The summed E-state index contributed by atoms with van der Waals surface area (Å²) >= 11 is 0. The summed E-state index contributed by atoms with van der Waals surface area (Å²) in [6.07, 6.45) is 7.79. The number of carbonyl (C=O) groups is 1. The molecule has 0 bridgehead atoms. The molecule has 2 fully saturated rings. The fourth-order valence-corrected chi connectivity index (χ4v) is 3.24. The van der Waals surface area contributed by atoms with Gasteiger partial charge in [0.1, 0.15) is 0 Å². The third-order valence-electron chi connectivity index (χ3n) is 4.05. The van der Waals surface area contributed by atoms with E-state index < -0.39 is 5.97 Å². The van der Waals surface area contributed by atoms with E-state index >= 15 is 0 Å². The number of carboxylic acid groups (broad SMARTS) is 1. The SMILES string of the molecule is C=C(CN1CCCC2CCCCC21)C(=O)O. The van der Waals surface area contributed by atoms with E-state index in [9.17, 15) is 4.79 Å². The summed E-state index contributed by atoms with van der Waals surface area (Å²) in [7, 11) is 0. The molecule has 3 heteroatoms. The van der Waals surface area contributed by atoms with Gasteiger partial charge in [0.2, 0.25) is 0 Å². The molecule has 1 N–H and O–H groups in total. The van der Waals surface area contributed by atoms with Crippen LogP contribution < -0.4 is 0 Å². The van der Waals surface area contributed by atoms with Gasteiger partial charge in [-0.1, -0.05) is 19.4 Å². The normalized spacial score (nSPS) is 30.8. The Kier molecular flexibility index (Phi) is 3.64. The summed E-state index contributed by atoms with van der Waals surface area (Å²) in [4.78, 5) is 13.2. The zero-order chi connectivity index (χ0) is 11.5. The van der Waals surface area contributed by atoms with E-state index in [2.05, 4.69) is 11.5 Å². The molecule has 1 saturated heterocycles. The van der Waals surface area contributed by atoms with Crippen LogP contribution in [0.3, 0.4) is 0 Å². The highest BCUT2D eigenvalue weighted by Gasteiger charge is 2.33. The average Bonchev–Trinajstić information content (AvgIpc) is 2.29. The fourth-order valence-electron chi connectivity index (χ4n) is 3.24. The van der Waals surface area contributed by atoms with Crippen molar-refractivity contribution in [3.05, 3.63) is 12.2 Å². The minimum Gasteiger partial charge on any atom is -0.478 e. The largest absolute Gasteiger partial charge is 0.478 e. The summed E-state index contributed by atoms with van der Waals surface area (Å²) in [6.45, 7) is 5.25. The van der Waals surface area contributed by atoms with Crippen molar-refractivity contribution < 1.29 is 9.90 Å². The van der Waals surface area contributed by atoms with Gasteiger partial charge in [-0.25, -0.2) is 4.79 Å². The lowest BCUT2D eigenvalue weighted by Crippen LogP contribution is -2.47. The van der Waals surface area contributed by atoms with Crippen LogP contribution >= 0.6 is 0 Å². The maximum atomic E-state index is 10.8. The van der Waals surface area contributed by atoms with Crippen LogP contribution in [-0.4, -0.2) is 35.1 Å². The number of carboxylic acids is 1. The van der Waals surface area contributed by atoms with E-state index in [0.29, 0.717) is 18.2 Å². The van der Waals surface area contributed by atoms with E-state index in [1.165, 1.54) is 38.5 Å². The maximum Gasteiger partial charge on any atom is 0.332 e. The molecule has 0 aromatic rings. The molecule has 3 nitrogen and oxygen atoms in total. The van der Waals surface area contributed by atoms with Crippen LogP contribution in [-0.2, 0) is 4.79 Å². The maximum absolute atomic E-state index is 10.8. The highest BCUT2D eigenvalue weighted by atomic mass is 16.4. The fraction of sp³-hybridized carbons (Fsp3) is 0.769. The van der Waals surface area contributed by atoms with Crippen LogP contribution in [0.1, 0.15) is 38.5 Å². The van der Waals surface area contributed by atoms with Gasteiger partial charge >= 0.3 is 5.97 Å². The molecule has 2 aliphatic rings. The lowest BCUT2D eigenvalue weighted by molar-refractivity contribution is -0.133. The molecule has 0 aromatic heterocycles. The molecule has 2 rings (SSSR count). The molecule has 16 heavy (non-hydrogen) atoms. The molecular weight excluding hydrogens is 202 g/mol. The van der Waals surface area contributed by atoms with Crippen LogP contribution in [0.25, 0.3) is 0 Å². The first-order chi connectivity index (χ1) is 7.68. The Balaban J connectivity index is 1.97. The molecule has 1 aliphatic carbocycles. The number of likely N-dealkylation sites (tertiary alicyclic amines) is 1. The molecule has 90 valence electrons. The van der Waals surface area contributed by atoms with Crippen molar-refractivity contribution in [1.82, 2.24) is 4.90 Å². The van der Waals surface area contributed by atoms with Crippen molar-refractivity contribution in [1.29, 1.82) is 0 Å². The number of piperidine rings is 1.